The van der Waals surface area contributed by atoms with Crippen LogP contribution < -0.4 is 5.32 Å². The van der Waals surface area contributed by atoms with E-state index in [1.54, 1.807) is 0 Å². The minimum Gasteiger partial charge on any atom is -0.317 e. The summed E-state index contributed by atoms with van der Waals surface area (Å²) in [5, 5.41) is 3.40. The van der Waals surface area contributed by atoms with Gasteiger partial charge in [0.15, 0.2) is 5.78 Å². The van der Waals surface area contributed by atoms with Gasteiger partial charge in [-0.3, -0.25) is 4.79 Å². The molecule has 1 N–H and O–H groups in total. The van der Waals surface area contributed by atoms with Crippen LogP contribution in [0, 0.1) is 11.8 Å². The van der Waals surface area contributed by atoms with Crippen molar-refractivity contribution in [1.82, 2.24) is 5.32 Å². The van der Waals surface area contributed by atoms with Gasteiger partial charge in [-0.2, -0.15) is 0 Å². The summed E-state index contributed by atoms with van der Waals surface area (Å²) >= 11 is 0. The monoisotopic (exact) mass is 259 g/mol. The molecule has 104 valence electrons. The molecule has 1 heterocycles. The molecule has 0 amide bonds. The van der Waals surface area contributed by atoms with Gasteiger partial charge in [-0.1, -0.05) is 38.1 Å². The molecule has 0 saturated carbocycles. The molecule has 0 radical (unpaired) electrons. The highest BCUT2D eigenvalue weighted by Gasteiger charge is 2.14. The predicted molar refractivity (Wildman–Crippen MR) is 79.5 cm³/mol. The van der Waals surface area contributed by atoms with E-state index >= 15 is 0 Å². The molecule has 1 aromatic rings. The van der Waals surface area contributed by atoms with Gasteiger partial charge in [0.25, 0.3) is 0 Å². The van der Waals surface area contributed by atoms with E-state index in [1.807, 2.05) is 12.1 Å². The largest absolute Gasteiger partial charge is 0.317 e. The summed E-state index contributed by atoms with van der Waals surface area (Å²) < 4.78 is 0. The third kappa shape index (κ3) is 4.46. The van der Waals surface area contributed by atoms with E-state index in [0.29, 0.717) is 12.3 Å². The molecule has 1 aliphatic rings. The van der Waals surface area contributed by atoms with E-state index in [1.165, 1.54) is 18.4 Å². The zero-order chi connectivity index (χ0) is 13.7. The van der Waals surface area contributed by atoms with Crippen LogP contribution in [-0.2, 0) is 6.42 Å². The van der Waals surface area contributed by atoms with Crippen molar-refractivity contribution < 1.29 is 4.79 Å². The number of rotatable bonds is 5. The van der Waals surface area contributed by atoms with Crippen molar-refractivity contribution in [2.24, 2.45) is 11.8 Å². The molecule has 0 unspecified atom stereocenters. The quantitative estimate of drug-likeness (QED) is 0.821. The summed E-state index contributed by atoms with van der Waals surface area (Å²) in [6, 6.07) is 8.27. The lowest BCUT2D eigenvalue weighted by Gasteiger charge is -2.22. The SMILES string of the molecule is CC(C)CC(=O)c1ccc(CC2CCNCC2)cc1. The fraction of sp³-hybridized carbons (Fsp3) is 0.588. The Morgan fingerprint density at radius 1 is 1.21 bits per heavy atom. The van der Waals surface area contributed by atoms with Crippen LogP contribution >= 0.6 is 0 Å². The number of piperidine rings is 1. The topological polar surface area (TPSA) is 29.1 Å². The second kappa shape index (κ2) is 6.85. The Morgan fingerprint density at radius 3 is 2.42 bits per heavy atom. The first-order valence-electron chi connectivity index (χ1n) is 7.48. The molecule has 0 atom stereocenters. The lowest BCUT2D eigenvalue weighted by atomic mass is 9.90. The lowest BCUT2D eigenvalue weighted by Crippen LogP contribution is -2.28. The molecule has 1 saturated heterocycles. The summed E-state index contributed by atoms with van der Waals surface area (Å²) in [6.07, 6.45) is 4.34. The Morgan fingerprint density at radius 2 is 1.84 bits per heavy atom. The van der Waals surface area contributed by atoms with E-state index < -0.39 is 0 Å². The number of nitrogens with one attached hydrogen (secondary N) is 1. The van der Waals surface area contributed by atoms with Crippen LogP contribution in [0.3, 0.4) is 0 Å². The van der Waals surface area contributed by atoms with E-state index in [0.717, 1.165) is 31.0 Å². The minimum atomic E-state index is 0.267. The van der Waals surface area contributed by atoms with Gasteiger partial charge in [0.1, 0.15) is 0 Å². The van der Waals surface area contributed by atoms with Crippen molar-refractivity contribution in [1.29, 1.82) is 0 Å². The van der Waals surface area contributed by atoms with Crippen LogP contribution in [0.5, 0.6) is 0 Å². The van der Waals surface area contributed by atoms with Gasteiger partial charge < -0.3 is 5.32 Å². The van der Waals surface area contributed by atoms with Crippen molar-refractivity contribution >= 4 is 5.78 Å². The summed E-state index contributed by atoms with van der Waals surface area (Å²) in [5.41, 5.74) is 2.23. The molecule has 1 fully saturated rings. The maximum absolute atomic E-state index is 11.9. The number of carbonyl (C=O) groups is 1. The van der Waals surface area contributed by atoms with Crippen LogP contribution in [0.25, 0.3) is 0 Å². The Labute approximate surface area is 116 Å². The van der Waals surface area contributed by atoms with Gasteiger partial charge >= 0.3 is 0 Å². The molecule has 0 spiro atoms. The Bertz CT molecular complexity index is 402. The van der Waals surface area contributed by atoms with E-state index in [9.17, 15) is 4.79 Å². The van der Waals surface area contributed by atoms with Gasteiger partial charge in [-0.15, -0.1) is 0 Å². The maximum Gasteiger partial charge on any atom is 0.163 e. The first kappa shape index (κ1) is 14.3. The molecular formula is C17H25NO. The molecule has 0 bridgehead atoms. The van der Waals surface area contributed by atoms with Crippen molar-refractivity contribution in [2.45, 2.75) is 39.5 Å². The highest BCUT2D eigenvalue weighted by molar-refractivity contribution is 5.96. The van der Waals surface area contributed by atoms with Crippen LogP contribution in [-0.4, -0.2) is 18.9 Å². The number of ketones is 1. The average molecular weight is 259 g/mol. The molecule has 2 rings (SSSR count). The third-order valence-corrected chi connectivity index (χ3v) is 3.85. The maximum atomic E-state index is 11.9. The molecule has 0 aliphatic carbocycles. The van der Waals surface area contributed by atoms with Crippen LogP contribution in [0.4, 0.5) is 0 Å². The predicted octanol–water partition coefficient (Wildman–Crippen LogP) is 3.46. The molecule has 0 aromatic heterocycles. The number of Topliss-reactive ketones (excluding diaryl/α,β-unsaturated/α-hetero) is 1. The summed E-state index contributed by atoms with van der Waals surface area (Å²) in [4.78, 5) is 11.9. The standard InChI is InChI=1S/C17H25NO/c1-13(2)11-17(19)16-5-3-14(4-6-16)12-15-7-9-18-10-8-15/h3-6,13,15,18H,7-12H2,1-2H3. The second-order valence-electron chi connectivity index (χ2n) is 6.12. The highest BCUT2D eigenvalue weighted by atomic mass is 16.1. The molecule has 2 nitrogen and oxygen atoms in total. The second-order valence-corrected chi connectivity index (χ2v) is 6.12. The van der Waals surface area contributed by atoms with E-state index in [4.69, 9.17) is 0 Å². The molecular weight excluding hydrogens is 234 g/mol. The fourth-order valence-electron chi connectivity index (χ4n) is 2.73. The van der Waals surface area contributed by atoms with Gasteiger partial charge in [-0.25, -0.2) is 0 Å². The van der Waals surface area contributed by atoms with Crippen LogP contribution in [0.2, 0.25) is 0 Å². The number of hydrogen-bond acceptors (Lipinski definition) is 2. The van der Waals surface area contributed by atoms with Crippen molar-refractivity contribution in [3.63, 3.8) is 0 Å². The average Bonchev–Trinajstić information content (AvgIpc) is 2.40. The zero-order valence-corrected chi connectivity index (χ0v) is 12.1. The number of carbonyl (C=O) groups excluding carboxylic acids is 1. The van der Waals surface area contributed by atoms with Crippen molar-refractivity contribution in [2.75, 3.05) is 13.1 Å². The smallest absolute Gasteiger partial charge is 0.163 e. The fourth-order valence-corrected chi connectivity index (χ4v) is 2.73. The Kier molecular flexibility index (Phi) is 5.15. The van der Waals surface area contributed by atoms with Gasteiger partial charge in [-0.05, 0) is 49.8 Å². The Hall–Kier alpha value is -1.15. The zero-order valence-electron chi connectivity index (χ0n) is 12.1. The summed E-state index contributed by atoms with van der Waals surface area (Å²) in [5.74, 6) is 1.50. The van der Waals surface area contributed by atoms with Gasteiger partial charge in [0.05, 0.1) is 0 Å². The van der Waals surface area contributed by atoms with Crippen LogP contribution in [0.1, 0.15) is 49.0 Å². The highest BCUT2D eigenvalue weighted by Crippen LogP contribution is 2.19. The lowest BCUT2D eigenvalue weighted by molar-refractivity contribution is 0.0968. The van der Waals surface area contributed by atoms with Crippen molar-refractivity contribution in [3.05, 3.63) is 35.4 Å². The molecule has 1 aromatic carbocycles. The first-order valence-corrected chi connectivity index (χ1v) is 7.48. The summed E-state index contributed by atoms with van der Waals surface area (Å²) in [6.45, 7) is 6.47. The van der Waals surface area contributed by atoms with Crippen molar-refractivity contribution in [3.8, 4) is 0 Å². The van der Waals surface area contributed by atoms with Gasteiger partial charge in [0.2, 0.25) is 0 Å². The molecule has 19 heavy (non-hydrogen) atoms. The van der Waals surface area contributed by atoms with Crippen LogP contribution in [0.15, 0.2) is 24.3 Å². The minimum absolute atomic E-state index is 0.267. The molecule has 2 heteroatoms. The van der Waals surface area contributed by atoms with E-state index in [2.05, 4.69) is 31.3 Å². The number of benzene rings is 1. The Balaban J connectivity index is 1.92. The van der Waals surface area contributed by atoms with E-state index in [-0.39, 0.29) is 5.78 Å². The molecule has 1 aliphatic heterocycles. The number of hydrogen-bond donors (Lipinski definition) is 1. The van der Waals surface area contributed by atoms with Gasteiger partial charge in [0, 0.05) is 12.0 Å². The summed E-state index contributed by atoms with van der Waals surface area (Å²) in [7, 11) is 0. The third-order valence-electron chi connectivity index (χ3n) is 3.85. The normalized spacial score (nSPS) is 16.8. The first-order chi connectivity index (χ1) is 9.15.